The SMILES string of the molecule is CCC/C=C/CCCCCCCCCCCCOC[C@@H](O)[C@@H]1OC[C@H](O)[C@@H]1O. The fourth-order valence-corrected chi connectivity index (χ4v) is 3.55. The Morgan fingerprint density at radius 2 is 1.46 bits per heavy atom. The highest BCUT2D eigenvalue weighted by Crippen LogP contribution is 2.18. The van der Waals surface area contributed by atoms with Crippen molar-refractivity contribution in [1.82, 2.24) is 0 Å². The largest absolute Gasteiger partial charge is 0.388 e. The van der Waals surface area contributed by atoms with Crippen LogP contribution in [-0.4, -0.2) is 59.6 Å². The molecule has 0 spiro atoms. The van der Waals surface area contributed by atoms with Crippen molar-refractivity contribution in [3.05, 3.63) is 12.2 Å². The van der Waals surface area contributed by atoms with Crippen LogP contribution in [0, 0.1) is 0 Å². The first-order valence-corrected chi connectivity index (χ1v) is 11.5. The zero-order valence-corrected chi connectivity index (χ0v) is 17.9. The van der Waals surface area contributed by atoms with Gasteiger partial charge in [-0.15, -0.1) is 0 Å². The van der Waals surface area contributed by atoms with E-state index in [0.717, 1.165) is 12.8 Å². The van der Waals surface area contributed by atoms with Crippen molar-refractivity contribution >= 4 is 0 Å². The predicted molar refractivity (Wildman–Crippen MR) is 113 cm³/mol. The fraction of sp³-hybridized carbons (Fsp3) is 0.913. The van der Waals surface area contributed by atoms with E-state index in [0.29, 0.717) is 6.61 Å². The molecule has 1 rings (SSSR count). The molecule has 5 nitrogen and oxygen atoms in total. The van der Waals surface area contributed by atoms with Crippen LogP contribution in [0.3, 0.4) is 0 Å². The molecule has 166 valence electrons. The third-order valence-corrected chi connectivity index (χ3v) is 5.39. The summed E-state index contributed by atoms with van der Waals surface area (Å²) in [5.74, 6) is 0. The molecule has 1 aliphatic heterocycles. The van der Waals surface area contributed by atoms with Crippen molar-refractivity contribution in [2.24, 2.45) is 0 Å². The van der Waals surface area contributed by atoms with E-state index in [-0.39, 0.29) is 13.2 Å². The van der Waals surface area contributed by atoms with Crippen LogP contribution >= 0.6 is 0 Å². The Kier molecular flexibility index (Phi) is 15.9. The Morgan fingerprint density at radius 3 is 2.04 bits per heavy atom. The average Bonchev–Trinajstić information content (AvgIpc) is 3.03. The quantitative estimate of drug-likeness (QED) is 0.238. The number of hydrogen-bond donors (Lipinski definition) is 3. The lowest BCUT2D eigenvalue weighted by Gasteiger charge is -2.20. The number of allylic oxidation sites excluding steroid dienone is 2. The third-order valence-electron chi connectivity index (χ3n) is 5.39. The van der Waals surface area contributed by atoms with Crippen molar-refractivity contribution in [3.8, 4) is 0 Å². The summed E-state index contributed by atoms with van der Waals surface area (Å²) in [4.78, 5) is 0. The standard InChI is InChI=1S/C23H44O5/c1-2-3-4-5-6-7-8-9-10-11-12-13-14-15-16-17-27-18-21(25)23-22(26)20(24)19-28-23/h4-5,20-26H,2-3,6-19H2,1H3/b5-4+/t20-,21+,22-,23-/m0/s1. The lowest BCUT2D eigenvalue weighted by atomic mass is 10.1. The predicted octanol–water partition coefficient (Wildman–Crippen LogP) is 4.13. The number of hydrogen-bond acceptors (Lipinski definition) is 5. The molecule has 1 fully saturated rings. The molecule has 1 heterocycles. The van der Waals surface area contributed by atoms with Gasteiger partial charge in [-0.2, -0.15) is 0 Å². The summed E-state index contributed by atoms with van der Waals surface area (Å²) in [6.45, 7) is 3.05. The average molecular weight is 401 g/mol. The molecule has 3 N–H and O–H groups in total. The summed E-state index contributed by atoms with van der Waals surface area (Å²) in [6.07, 6.45) is 17.6. The Balaban J connectivity index is 1.77. The molecule has 0 bridgehead atoms. The van der Waals surface area contributed by atoms with Gasteiger partial charge >= 0.3 is 0 Å². The lowest BCUT2D eigenvalue weighted by Crippen LogP contribution is -2.40. The molecular weight excluding hydrogens is 356 g/mol. The number of unbranched alkanes of at least 4 members (excludes halogenated alkanes) is 11. The van der Waals surface area contributed by atoms with Gasteiger partial charge < -0.3 is 24.8 Å². The molecule has 0 saturated carbocycles. The second-order valence-corrected chi connectivity index (χ2v) is 8.08. The van der Waals surface area contributed by atoms with Gasteiger partial charge in [-0.25, -0.2) is 0 Å². The molecule has 28 heavy (non-hydrogen) atoms. The molecule has 0 aromatic rings. The first-order valence-electron chi connectivity index (χ1n) is 11.5. The van der Waals surface area contributed by atoms with Crippen LogP contribution in [0.25, 0.3) is 0 Å². The molecule has 0 amide bonds. The molecule has 1 aliphatic rings. The van der Waals surface area contributed by atoms with Crippen molar-refractivity contribution in [2.45, 2.75) is 115 Å². The van der Waals surface area contributed by atoms with E-state index in [2.05, 4.69) is 19.1 Å². The molecule has 5 heteroatoms. The molecule has 0 unspecified atom stereocenters. The van der Waals surface area contributed by atoms with Crippen LogP contribution in [0.4, 0.5) is 0 Å². The Labute approximate surface area is 172 Å². The maximum atomic E-state index is 9.94. The first-order chi connectivity index (χ1) is 13.7. The number of aliphatic hydroxyl groups is 3. The lowest BCUT2D eigenvalue weighted by molar-refractivity contribution is -0.0813. The molecule has 0 aromatic heterocycles. The third kappa shape index (κ3) is 12.2. The van der Waals surface area contributed by atoms with Crippen LogP contribution < -0.4 is 0 Å². The van der Waals surface area contributed by atoms with Gasteiger partial charge in [-0.1, -0.05) is 76.9 Å². The summed E-state index contributed by atoms with van der Waals surface area (Å²) < 4.78 is 10.7. The van der Waals surface area contributed by atoms with Gasteiger partial charge in [0.25, 0.3) is 0 Å². The van der Waals surface area contributed by atoms with Gasteiger partial charge in [0.05, 0.1) is 13.2 Å². The minimum atomic E-state index is -1.03. The zero-order valence-electron chi connectivity index (χ0n) is 17.9. The molecule has 0 radical (unpaired) electrons. The second kappa shape index (κ2) is 17.4. The van der Waals surface area contributed by atoms with Crippen molar-refractivity contribution < 1.29 is 24.8 Å². The Bertz CT molecular complexity index is 374. The molecule has 0 aromatic carbocycles. The van der Waals surface area contributed by atoms with Gasteiger partial charge in [0, 0.05) is 6.61 Å². The van der Waals surface area contributed by atoms with E-state index >= 15 is 0 Å². The second-order valence-electron chi connectivity index (χ2n) is 8.08. The summed E-state index contributed by atoms with van der Waals surface area (Å²) >= 11 is 0. The van der Waals surface area contributed by atoms with Gasteiger partial charge in [-0.05, 0) is 25.7 Å². The van der Waals surface area contributed by atoms with Crippen LogP contribution in [0.5, 0.6) is 0 Å². The minimum Gasteiger partial charge on any atom is -0.388 e. The van der Waals surface area contributed by atoms with Crippen LogP contribution in [-0.2, 0) is 9.47 Å². The number of rotatable bonds is 18. The molecule has 4 atom stereocenters. The maximum Gasteiger partial charge on any atom is 0.114 e. The van der Waals surface area contributed by atoms with Gasteiger partial charge in [0.1, 0.15) is 24.4 Å². The highest BCUT2D eigenvalue weighted by atomic mass is 16.5. The molecule has 0 aliphatic carbocycles. The Hall–Kier alpha value is -0.460. The monoisotopic (exact) mass is 400 g/mol. The van der Waals surface area contributed by atoms with Crippen LogP contribution in [0.15, 0.2) is 12.2 Å². The van der Waals surface area contributed by atoms with E-state index in [9.17, 15) is 15.3 Å². The molecular formula is C23H44O5. The van der Waals surface area contributed by atoms with E-state index in [1.807, 2.05) is 0 Å². The number of aliphatic hydroxyl groups excluding tert-OH is 3. The zero-order chi connectivity index (χ0) is 20.5. The van der Waals surface area contributed by atoms with E-state index in [1.54, 1.807) is 0 Å². The number of ether oxygens (including phenoxy) is 2. The van der Waals surface area contributed by atoms with E-state index < -0.39 is 24.4 Å². The normalized spacial score (nSPS) is 23.6. The van der Waals surface area contributed by atoms with Gasteiger partial charge in [0.2, 0.25) is 0 Å². The van der Waals surface area contributed by atoms with Crippen molar-refractivity contribution in [3.63, 3.8) is 0 Å². The smallest absolute Gasteiger partial charge is 0.114 e. The summed E-state index contributed by atoms with van der Waals surface area (Å²) in [6, 6.07) is 0. The van der Waals surface area contributed by atoms with Crippen LogP contribution in [0.1, 0.15) is 90.4 Å². The van der Waals surface area contributed by atoms with Crippen molar-refractivity contribution in [1.29, 1.82) is 0 Å². The maximum absolute atomic E-state index is 9.94. The minimum absolute atomic E-state index is 0.0687. The molecule has 1 saturated heterocycles. The summed E-state index contributed by atoms with van der Waals surface area (Å²) in [5.41, 5.74) is 0. The fourth-order valence-electron chi connectivity index (χ4n) is 3.55. The highest BCUT2D eigenvalue weighted by Gasteiger charge is 2.39. The summed E-state index contributed by atoms with van der Waals surface area (Å²) in [5, 5.41) is 29.0. The van der Waals surface area contributed by atoms with Gasteiger partial charge in [0.15, 0.2) is 0 Å². The topological polar surface area (TPSA) is 79.2 Å². The Morgan fingerprint density at radius 1 is 0.893 bits per heavy atom. The van der Waals surface area contributed by atoms with E-state index in [1.165, 1.54) is 70.6 Å². The summed E-state index contributed by atoms with van der Waals surface area (Å²) in [7, 11) is 0. The first kappa shape index (κ1) is 25.6. The van der Waals surface area contributed by atoms with Crippen molar-refractivity contribution in [2.75, 3.05) is 19.8 Å². The van der Waals surface area contributed by atoms with Crippen LogP contribution in [0.2, 0.25) is 0 Å². The van der Waals surface area contributed by atoms with Gasteiger partial charge in [-0.3, -0.25) is 0 Å². The highest BCUT2D eigenvalue weighted by molar-refractivity contribution is 4.87. The van der Waals surface area contributed by atoms with E-state index in [4.69, 9.17) is 9.47 Å².